The number of rotatable bonds is 2. The molecule has 13 heavy (non-hydrogen) atoms. The van der Waals surface area contributed by atoms with Gasteiger partial charge in [0.2, 0.25) is 0 Å². The van der Waals surface area contributed by atoms with E-state index in [2.05, 4.69) is 11.4 Å². The molecule has 1 aliphatic carbocycles. The van der Waals surface area contributed by atoms with E-state index in [0.29, 0.717) is 0 Å². The maximum Gasteiger partial charge on any atom is 0.0690 e. The van der Waals surface area contributed by atoms with Crippen molar-refractivity contribution >= 4 is 12.4 Å². The molecule has 2 aliphatic rings. The van der Waals surface area contributed by atoms with Crippen LogP contribution >= 0.6 is 12.4 Å². The summed E-state index contributed by atoms with van der Waals surface area (Å²) in [5.41, 5.74) is 0.0480. The number of hydrogen-bond acceptors (Lipinski definition) is 2. The smallest absolute Gasteiger partial charge is 0.0690 e. The Kier molecular flexibility index (Phi) is 3.58. The van der Waals surface area contributed by atoms with Gasteiger partial charge in [-0.2, -0.15) is 5.26 Å². The van der Waals surface area contributed by atoms with Crippen molar-refractivity contribution in [3.05, 3.63) is 0 Å². The van der Waals surface area contributed by atoms with Crippen LogP contribution in [-0.4, -0.2) is 13.1 Å². The predicted octanol–water partition coefficient (Wildman–Crippen LogP) is 2.10. The Bertz CT molecular complexity index is 199. The van der Waals surface area contributed by atoms with E-state index >= 15 is 0 Å². The monoisotopic (exact) mass is 200 g/mol. The summed E-state index contributed by atoms with van der Waals surface area (Å²) < 4.78 is 0. The number of nitriles is 1. The van der Waals surface area contributed by atoms with Gasteiger partial charge >= 0.3 is 0 Å². The number of hydrogen-bond donors (Lipinski definition) is 1. The Morgan fingerprint density at radius 2 is 1.92 bits per heavy atom. The van der Waals surface area contributed by atoms with Crippen molar-refractivity contribution in [3.63, 3.8) is 0 Å². The average molecular weight is 201 g/mol. The van der Waals surface area contributed by atoms with E-state index in [-0.39, 0.29) is 17.8 Å². The molecule has 1 aliphatic heterocycles. The molecule has 1 saturated heterocycles. The molecule has 0 unspecified atom stereocenters. The van der Waals surface area contributed by atoms with Crippen molar-refractivity contribution in [1.82, 2.24) is 5.32 Å². The molecule has 0 bridgehead atoms. The number of piperidine rings is 1. The van der Waals surface area contributed by atoms with E-state index < -0.39 is 0 Å². The highest BCUT2D eigenvalue weighted by atomic mass is 35.5. The third-order valence-electron chi connectivity index (χ3n) is 3.17. The van der Waals surface area contributed by atoms with Crippen LogP contribution in [0.5, 0.6) is 0 Å². The summed E-state index contributed by atoms with van der Waals surface area (Å²) in [5, 5.41) is 12.5. The summed E-state index contributed by atoms with van der Waals surface area (Å²) in [6.07, 6.45) is 6.05. The molecule has 1 saturated carbocycles. The largest absolute Gasteiger partial charge is 0.317 e. The Labute approximate surface area is 86.1 Å². The average Bonchev–Trinajstić information content (AvgIpc) is 2.90. The molecule has 0 spiro atoms. The van der Waals surface area contributed by atoms with Crippen LogP contribution in [0.2, 0.25) is 0 Å². The van der Waals surface area contributed by atoms with Crippen LogP contribution in [0.25, 0.3) is 0 Å². The molecule has 2 rings (SSSR count). The lowest BCUT2D eigenvalue weighted by molar-refractivity contribution is 0.250. The standard InChI is InChI=1S/C10H16N2.ClH/c11-8-10(7-9-1-2-9)3-5-12-6-4-10;/h9,12H,1-7H2;1H. The maximum atomic E-state index is 9.14. The van der Waals surface area contributed by atoms with E-state index in [1.165, 1.54) is 19.3 Å². The van der Waals surface area contributed by atoms with Gasteiger partial charge in [-0.3, -0.25) is 0 Å². The molecule has 2 fully saturated rings. The van der Waals surface area contributed by atoms with E-state index in [9.17, 15) is 0 Å². The van der Waals surface area contributed by atoms with Crippen molar-refractivity contribution in [3.8, 4) is 6.07 Å². The Morgan fingerprint density at radius 3 is 2.38 bits per heavy atom. The third-order valence-corrected chi connectivity index (χ3v) is 3.17. The molecule has 74 valence electrons. The molecule has 2 nitrogen and oxygen atoms in total. The molecule has 0 aromatic carbocycles. The highest BCUT2D eigenvalue weighted by Crippen LogP contribution is 2.44. The highest BCUT2D eigenvalue weighted by Gasteiger charge is 2.37. The molecule has 0 aromatic heterocycles. The van der Waals surface area contributed by atoms with Crippen LogP contribution in [0.15, 0.2) is 0 Å². The van der Waals surface area contributed by atoms with Gasteiger partial charge in [0.15, 0.2) is 0 Å². The van der Waals surface area contributed by atoms with Gasteiger partial charge in [-0.05, 0) is 38.3 Å². The zero-order chi connectivity index (χ0) is 8.44. The first-order chi connectivity index (χ1) is 5.85. The van der Waals surface area contributed by atoms with Crippen molar-refractivity contribution in [1.29, 1.82) is 5.26 Å². The van der Waals surface area contributed by atoms with Crippen LogP contribution in [0.4, 0.5) is 0 Å². The molecular weight excluding hydrogens is 184 g/mol. The van der Waals surface area contributed by atoms with Crippen molar-refractivity contribution in [2.24, 2.45) is 11.3 Å². The predicted molar refractivity (Wildman–Crippen MR) is 54.7 cm³/mol. The number of nitrogens with one attached hydrogen (secondary N) is 1. The van der Waals surface area contributed by atoms with Gasteiger partial charge in [-0.15, -0.1) is 12.4 Å². The SMILES string of the molecule is Cl.N#CC1(CC2CC2)CCNCC1. The fourth-order valence-electron chi connectivity index (χ4n) is 2.14. The third kappa shape index (κ3) is 2.59. The molecule has 0 aromatic rings. The Balaban J connectivity index is 0.000000845. The quantitative estimate of drug-likeness (QED) is 0.741. The summed E-state index contributed by atoms with van der Waals surface area (Å²) in [6.45, 7) is 2.08. The minimum atomic E-state index is 0. The van der Waals surface area contributed by atoms with Gasteiger partial charge in [0.25, 0.3) is 0 Å². The Hall–Kier alpha value is -0.260. The second kappa shape index (κ2) is 4.30. The van der Waals surface area contributed by atoms with E-state index in [1.807, 2.05) is 0 Å². The molecular formula is C10H17ClN2. The fraction of sp³-hybridized carbons (Fsp3) is 0.900. The van der Waals surface area contributed by atoms with E-state index in [1.54, 1.807) is 0 Å². The summed E-state index contributed by atoms with van der Waals surface area (Å²) in [7, 11) is 0. The van der Waals surface area contributed by atoms with Gasteiger partial charge in [-0.1, -0.05) is 12.8 Å². The first-order valence-corrected chi connectivity index (χ1v) is 4.97. The lowest BCUT2D eigenvalue weighted by Gasteiger charge is -2.31. The topological polar surface area (TPSA) is 35.8 Å². The molecule has 0 radical (unpaired) electrons. The van der Waals surface area contributed by atoms with Crippen LogP contribution in [0.3, 0.4) is 0 Å². The van der Waals surface area contributed by atoms with Crippen LogP contribution < -0.4 is 5.32 Å². The summed E-state index contributed by atoms with van der Waals surface area (Å²) in [6, 6.07) is 2.55. The van der Waals surface area contributed by atoms with Gasteiger partial charge in [-0.25, -0.2) is 0 Å². The number of halogens is 1. The van der Waals surface area contributed by atoms with Crippen LogP contribution in [-0.2, 0) is 0 Å². The second-order valence-corrected chi connectivity index (χ2v) is 4.29. The molecule has 0 amide bonds. The van der Waals surface area contributed by atoms with E-state index in [0.717, 1.165) is 31.8 Å². The maximum absolute atomic E-state index is 9.14. The minimum Gasteiger partial charge on any atom is -0.317 e. The zero-order valence-corrected chi connectivity index (χ0v) is 8.70. The zero-order valence-electron chi connectivity index (χ0n) is 7.88. The highest BCUT2D eigenvalue weighted by molar-refractivity contribution is 5.85. The minimum absolute atomic E-state index is 0. The van der Waals surface area contributed by atoms with Crippen molar-refractivity contribution in [2.75, 3.05) is 13.1 Å². The van der Waals surface area contributed by atoms with Crippen LogP contribution in [0.1, 0.15) is 32.1 Å². The Morgan fingerprint density at radius 1 is 1.31 bits per heavy atom. The molecule has 1 heterocycles. The first kappa shape index (κ1) is 10.8. The molecule has 3 heteroatoms. The summed E-state index contributed by atoms with van der Waals surface area (Å²) >= 11 is 0. The van der Waals surface area contributed by atoms with Crippen LogP contribution in [0, 0.1) is 22.7 Å². The van der Waals surface area contributed by atoms with Crippen molar-refractivity contribution in [2.45, 2.75) is 32.1 Å². The van der Waals surface area contributed by atoms with Gasteiger partial charge in [0, 0.05) is 0 Å². The van der Waals surface area contributed by atoms with Gasteiger partial charge in [0.05, 0.1) is 11.5 Å². The van der Waals surface area contributed by atoms with Gasteiger partial charge in [0.1, 0.15) is 0 Å². The summed E-state index contributed by atoms with van der Waals surface area (Å²) in [5.74, 6) is 0.891. The van der Waals surface area contributed by atoms with Crippen molar-refractivity contribution < 1.29 is 0 Å². The lowest BCUT2D eigenvalue weighted by Crippen LogP contribution is -2.36. The normalized spacial score (nSPS) is 25.8. The molecule has 0 atom stereocenters. The van der Waals surface area contributed by atoms with Gasteiger partial charge < -0.3 is 5.32 Å². The summed E-state index contributed by atoms with van der Waals surface area (Å²) in [4.78, 5) is 0. The molecule has 1 N–H and O–H groups in total. The first-order valence-electron chi connectivity index (χ1n) is 4.97. The second-order valence-electron chi connectivity index (χ2n) is 4.29. The number of nitrogens with zero attached hydrogens (tertiary/aromatic N) is 1. The fourth-order valence-corrected chi connectivity index (χ4v) is 2.14. The van der Waals surface area contributed by atoms with E-state index in [4.69, 9.17) is 5.26 Å². The lowest BCUT2D eigenvalue weighted by atomic mass is 9.76.